The lowest BCUT2D eigenvalue weighted by molar-refractivity contribution is -0.117. The molecule has 4 N–H and O–H groups in total. The van der Waals surface area contributed by atoms with E-state index in [2.05, 4.69) is 21.7 Å². The molecule has 24 heavy (non-hydrogen) atoms. The first-order valence-corrected chi connectivity index (χ1v) is 7.35. The molecule has 1 atom stereocenters. The Hall–Kier alpha value is -3.00. The molecule has 0 saturated heterocycles. The van der Waals surface area contributed by atoms with Crippen molar-refractivity contribution in [2.24, 2.45) is 0 Å². The first-order chi connectivity index (χ1) is 11.5. The second kappa shape index (κ2) is 6.63. The van der Waals surface area contributed by atoms with Gasteiger partial charge in [0.25, 0.3) is 0 Å². The Balaban J connectivity index is 1.47. The van der Waals surface area contributed by atoms with Crippen LogP contribution in [0.15, 0.2) is 47.6 Å². The molecule has 2 aliphatic carbocycles. The van der Waals surface area contributed by atoms with Gasteiger partial charge in [0.15, 0.2) is 11.6 Å². The van der Waals surface area contributed by atoms with E-state index < -0.39 is 12.1 Å². The van der Waals surface area contributed by atoms with Gasteiger partial charge in [-0.1, -0.05) is 12.2 Å². The van der Waals surface area contributed by atoms with Crippen LogP contribution in [-0.4, -0.2) is 23.6 Å². The Morgan fingerprint density at radius 2 is 1.88 bits per heavy atom. The van der Waals surface area contributed by atoms with Crippen LogP contribution in [0.3, 0.4) is 0 Å². The van der Waals surface area contributed by atoms with Crippen LogP contribution in [0.2, 0.25) is 0 Å². The van der Waals surface area contributed by atoms with Gasteiger partial charge >= 0.3 is 6.03 Å². The predicted octanol–water partition coefficient (Wildman–Crippen LogP) is 1.12. The Bertz CT molecular complexity index is 755. The van der Waals surface area contributed by atoms with Gasteiger partial charge in [0.05, 0.1) is 11.7 Å². The number of hydrazine groups is 2. The maximum Gasteiger partial charge on any atom is 0.347 e. The molecule has 0 bridgehead atoms. The summed E-state index contributed by atoms with van der Waals surface area (Å²) < 4.78 is 12.8. The molecule has 1 aromatic rings. The summed E-state index contributed by atoms with van der Waals surface area (Å²) in [5.41, 5.74) is 11.3. The number of hydrogen-bond donors (Lipinski definition) is 4. The fourth-order valence-electron chi connectivity index (χ4n) is 2.56. The number of amides is 2. The van der Waals surface area contributed by atoms with E-state index in [1.807, 2.05) is 0 Å². The number of anilines is 1. The Kier molecular flexibility index (Phi) is 4.39. The molecule has 3 rings (SSSR count). The maximum absolute atomic E-state index is 12.8. The number of urea groups is 1. The molecule has 7 nitrogen and oxygen atoms in total. The van der Waals surface area contributed by atoms with Crippen molar-refractivity contribution >= 4 is 23.3 Å². The Labute approximate surface area is 136 Å². The van der Waals surface area contributed by atoms with Crippen LogP contribution >= 0.6 is 0 Å². The highest BCUT2D eigenvalue weighted by Gasteiger charge is 2.35. The predicted molar refractivity (Wildman–Crippen MR) is 84.0 cm³/mol. The largest absolute Gasteiger partial charge is 0.347 e. The second-order valence-corrected chi connectivity index (χ2v) is 5.40. The molecule has 0 aromatic heterocycles. The minimum absolute atomic E-state index is 0.0624. The summed E-state index contributed by atoms with van der Waals surface area (Å²) in [4.78, 5) is 35.6. The van der Waals surface area contributed by atoms with Crippen LogP contribution in [0.4, 0.5) is 14.9 Å². The van der Waals surface area contributed by atoms with Gasteiger partial charge in [-0.25, -0.2) is 14.6 Å². The maximum atomic E-state index is 12.8. The zero-order valence-electron chi connectivity index (χ0n) is 12.6. The van der Waals surface area contributed by atoms with Gasteiger partial charge in [-0.05, 0) is 24.3 Å². The number of allylic oxidation sites excluding steroid dienone is 2. The lowest BCUT2D eigenvalue weighted by Gasteiger charge is -2.14. The third kappa shape index (κ3) is 3.33. The molecule has 0 radical (unpaired) electrons. The Morgan fingerprint density at radius 3 is 2.58 bits per heavy atom. The van der Waals surface area contributed by atoms with Crippen molar-refractivity contribution < 1.29 is 18.8 Å². The summed E-state index contributed by atoms with van der Waals surface area (Å²) in [6, 6.07) is 4.12. The molecule has 1 aromatic carbocycles. The minimum Gasteiger partial charge on any atom is -0.297 e. The van der Waals surface area contributed by atoms with Crippen molar-refractivity contribution in [1.82, 2.24) is 16.3 Å². The van der Waals surface area contributed by atoms with E-state index in [1.165, 1.54) is 24.3 Å². The number of hydrogen-bond acceptors (Lipinski definition) is 5. The fraction of sp³-hybridized carbons (Fsp3) is 0.188. The van der Waals surface area contributed by atoms with Crippen molar-refractivity contribution in [1.29, 1.82) is 0 Å². The molecular weight excluding hydrogens is 315 g/mol. The molecule has 0 saturated carbocycles. The minimum atomic E-state index is -0.668. The lowest BCUT2D eigenvalue weighted by atomic mass is 9.99. The standard InChI is InChI=1S/C16H15FN4O3/c17-9-4-6-10(7-5-9)18-20-16(24)21-19-13-8-12-11(15(13)23)2-1-3-14(12)22/h1-2,4-7,13,18-19H,3,8H2,(H2,20,21,24). The van der Waals surface area contributed by atoms with Crippen molar-refractivity contribution in [2.45, 2.75) is 18.9 Å². The molecule has 1 unspecified atom stereocenters. The summed E-state index contributed by atoms with van der Waals surface area (Å²) in [5, 5.41) is 0. The summed E-state index contributed by atoms with van der Waals surface area (Å²) in [7, 11) is 0. The topological polar surface area (TPSA) is 99.3 Å². The summed E-state index contributed by atoms with van der Waals surface area (Å²) in [6.45, 7) is 0. The van der Waals surface area contributed by atoms with Crippen LogP contribution in [0, 0.1) is 5.82 Å². The highest BCUT2D eigenvalue weighted by atomic mass is 19.1. The van der Waals surface area contributed by atoms with E-state index in [1.54, 1.807) is 12.2 Å². The summed E-state index contributed by atoms with van der Waals surface area (Å²) in [6.07, 6.45) is 3.86. The number of ketones is 2. The Morgan fingerprint density at radius 1 is 1.12 bits per heavy atom. The van der Waals surface area contributed by atoms with Crippen LogP contribution in [0.5, 0.6) is 0 Å². The highest BCUT2D eigenvalue weighted by Crippen LogP contribution is 2.28. The smallest absolute Gasteiger partial charge is 0.297 e. The summed E-state index contributed by atoms with van der Waals surface area (Å²) in [5.74, 6) is -0.667. The number of rotatable bonds is 4. The van der Waals surface area contributed by atoms with Gasteiger partial charge in [-0.2, -0.15) is 0 Å². The van der Waals surface area contributed by atoms with Crippen LogP contribution in [-0.2, 0) is 9.59 Å². The highest BCUT2D eigenvalue weighted by molar-refractivity contribution is 6.15. The number of carbonyl (C=O) groups is 3. The third-order valence-electron chi connectivity index (χ3n) is 3.76. The van der Waals surface area contributed by atoms with Gasteiger partial charge < -0.3 is 0 Å². The molecular formula is C16H15FN4O3. The zero-order valence-corrected chi connectivity index (χ0v) is 12.6. The second-order valence-electron chi connectivity index (χ2n) is 5.40. The molecule has 0 spiro atoms. The number of halogens is 1. The van der Waals surface area contributed by atoms with E-state index in [4.69, 9.17) is 0 Å². The van der Waals surface area contributed by atoms with E-state index >= 15 is 0 Å². The van der Waals surface area contributed by atoms with Gasteiger partial charge in [0.2, 0.25) is 0 Å². The van der Waals surface area contributed by atoms with E-state index in [-0.39, 0.29) is 23.8 Å². The number of nitrogens with one attached hydrogen (secondary N) is 4. The first kappa shape index (κ1) is 15.9. The van der Waals surface area contributed by atoms with Crippen molar-refractivity contribution in [3.8, 4) is 0 Å². The van der Waals surface area contributed by atoms with Crippen molar-refractivity contribution in [3.63, 3.8) is 0 Å². The van der Waals surface area contributed by atoms with Gasteiger partial charge in [-0.15, -0.1) is 0 Å². The van der Waals surface area contributed by atoms with E-state index in [0.29, 0.717) is 23.3 Å². The van der Waals surface area contributed by atoms with Gasteiger partial charge in [-0.3, -0.25) is 25.9 Å². The zero-order chi connectivity index (χ0) is 17.1. The number of benzene rings is 1. The molecule has 8 heteroatoms. The summed E-state index contributed by atoms with van der Waals surface area (Å²) >= 11 is 0. The average Bonchev–Trinajstić information content (AvgIpc) is 2.90. The lowest BCUT2D eigenvalue weighted by Crippen LogP contribution is -2.51. The van der Waals surface area contributed by atoms with E-state index in [9.17, 15) is 18.8 Å². The van der Waals surface area contributed by atoms with Crippen LogP contribution < -0.4 is 21.7 Å². The molecule has 2 aliphatic rings. The monoisotopic (exact) mass is 330 g/mol. The number of carbonyl (C=O) groups excluding carboxylic acids is 3. The third-order valence-corrected chi connectivity index (χ3v) is 3.76. The van der Waals surface area contributed by atoms with Gasteiger partial charge in [0, 0.05) is 24.0 Å². The molecule has 2 amide bonds. The fourth-order valence-corrected chi connectivity index (χ4v) is 2.56. The quantitative estimate of drug-likeness (QED) is 0.620. The van der Waals surface area contributed by atoms with E-state index in [0.717, 1.165) is 0 Å². The molecule has 0 fully saturated rings. The van der Waals surface area contributed by atoms with Crippen molar-refractivity contribution in [2.75, 3.05) is 5.43 Å². The van der Waals surface area contributed by atoms with Gasteiger partial charge in [0.1, 0.15) is 5.82 Å². The normalized spacial score (nSPS) is 19.3. The SMILES string of the molecule is O=C(NNc1ccc(F)cc1)NNC1CC2=C(C=CCC2=O)C1=O. The van der Waals surface area contributed by atoms with Crippen LogP contribution in [0.25, 0.3) is 0 Å². The molecule has 0 heterocycles. The first-order valence-electron chi connectivity index (χ1n) is 7.35. The van der Waals surface area contributed by atoms with Crippen LogP contribution in [0.1, 0.15) is 12.8 Å². The average molecular weight is 330 g/mol. The molecule has 124 valence electrons. The number of Topliss-reactive ketones (excluding diaryl/α,β-unsaturated/α-hetero) is 2. The van der Waals surface area contributed by atoms with Crippen molar-refractivity contribution in [3.05, 3.63) is 53.4 Å². The molecule has 0 aliphatic heterocycles.